The number of piperidine rings is 1. The van der Waals surface area contributed by atoms with E-state index >= 15 is 0 Å². The van der Waals surface area contributed by atoms with E-state index in [-0.39, 0.29) is 6.09 Å². The molecular weight excluding hydrogens is 322 g/mol. The molecule has 2 aliphatic carbocycles. The van der Waals surface area contributed by atoms with Gasteiger partial charge in [0.05, 0.1) is 17.3 Å². The number of rotatable bonds is 3. The van der Waals surface area contributed by atoms with Crippen molar-refractivity contribution in [2.45, 2.75) is 38.6 Å². The molecule has 2 saturated heterocycles. The molecule has 1 aromatic heterocycles. The summed E-state index contributed by atoms with van der Waals surface area (Å²) in [4.78, 5) is 21.0. The fourth-order valence-electron chi connectivity index (χ4n) is 5.39. The van der Waals surface area contributed by atoms with Crippen molar-refractivity contribution in [2.24, 2.45) is 17.3 Å². The van der Waals surface area contributed by atoms with E-state index in [1.165, 1.54) is 36.6 Å². The average Bonchev–Trinajstić information content (AvgIpc) is 2.83. The van der Waals surface area contributed by atoms with E-state index in [9.17, 15) is 4.79 Å². The number of amides is 1. The monoisotopic (exact) mass is 347 g/mol. The molecule has 6 heteroatoms. The van der Waals surface area contributed by atoms with Gasteiger partial charge in [-0.2, -0.15) is 0 Å². The molecule has 5 nitrogen and oxygen atoms in total. The van der Waals surface area contributed by atoms with Crippen LogP contribution in [0.3, 0.4) is 0 Å². The number of carbonyl (C=O) groups excluding carboxylic acids is 1. The standard InChI is InChI=1S/C18H25N3O2S/c1-3-23-17(22)21-9-18(10-21)4-12(5-18)20-6-13-14(7-20)16(13)15-8-24-11(2)19-15/h8,12-14,16H,3-7,9-10H2,1-2H3. The second kappa shape index (κ2) is 5.18. The van der Waals surface area contributed by atoms with Gasteiger partial charge in [-0.3, -0.25) is 4.90 Å². The van der Waals surface area contributed by atoms with Crippen LogP contribution in [0.5, 0.6) is 0 Å². The zero-order valence-electron chi connectivity index (χ0n) is 14.4. The lowest BCUT2D eigenvalue weighted by molar-refractivity contribution is -0.0973. The first-order valence-electron chi connectivity index (χ1n) is 9.16. The zero-order chi connectivity index (χ0) is 16.5. The van der Waals surface area contributed by atoms with Crippen LogP contribution in [0.25, 0.3) is 0 Å². The highest BCUT2D eigenvalue weighted by Gasteiger charge is 2.61. The predicted molar refractivity (Wildman–Crippen MR) is 92.2 cm³/mol. The maximum atomic E-state index is 11.7. The molecule has 1 amide bonds. The van der Waals surface area contributed by atoms with Crippen molar-refractivity contribution in [3.8, 4) is 0 Å². The lowest BCUT2D eigenvalue weighted by atomic mass is 9.60. The molecule has 2 saturated carbocycles. The van der Waals surface area contributed by atoms with Crippen LogP contribution >= 0.6 is 11.3 Å². The van der Waals surface area contributed by atoms with E-state index in [1.807, 2.05) is 11.8 Å². The van der Waals surface area contributed by atoms with Gasteiger partial charge in [-0.15, -0.1) is 11.3 Å². The number of carbonyl (C=O) groups is 1. The Morgan fingerprint density at radius 3 is 2.67 bits per heavy atom. The number of likely N-dealkylation sites (tertiary alicyclic amines) is 2. The van der Waals surface area contributed by atoms with Crippen LogP contribution in [0.15, 0.2) is 5.38 Å². The highest BCUT2D eigenvalue weighted by Crippen LogP contribution is 2.60. The Labute approximate surface area is 147 Å². The van der Waals surface area contributed by atoms with Crippen molar-refractivity contribution in [3.63, 3.8) is 0 Å². The SMILES string of the molecule is CCOC(=O)N1CC2(CC(N3CC4C(C3)C4c3csc(C)n3)C2)C1. The highest BCUT2D eigenvalue weighted by molar-refractivity contribution is 7.09. The minimum atomic E-state index is -0.129. The number of thiazole rings is 1. The van der Waals surface area contributed by atoms with Gasteiger partial charge in [0.1, 0.15) is 0 Å². The summed E-state index contributed by atoms with van der Waals surface area (Å²) >= 11 is 1.78. The Balaban J connectivity index is 1.09. The normalized spacial score (nSPS) is 33.9. The van der Waals surface area contributed by atoms with Gasteiger partial charge in [-0.1, -0.05) is 0 Å². The van der Waals surface area contributed by atoms with E-state index in [4.69, 9.17) is 9.72 Å². The average molecular weight is 347 g/mol. The Bertz CT molecular complexity index is 649. The molecular formula is C18H25N3O2S. The lowest BCUT2D eigenvalue weighted by Crippen LogP contribution is -2.67. The van der Waals surface area contributed by atoms with Gasteiger partial charge in [0.2, 0.25) is 0 Å². The molecule has 1 aromatic rings. The van der Waals surface area contributed by atoms with E-state index in [1.54, 1.807) is 11.3 Å². The van der Waals surface area contributed by atoms with Gasteiger partial charge >= 0.3 is 6.09 Å². The van der Waals surface area contributed by atoms with E-state index in [0.29, 0.717) is 12.0 Å². The third kappa shape index (κ3) is 2.22. The van der Waals surface area contributed by atoms with Crippen LogP contribution in [0.4, 0.5) is 4.79 Å². The summed E-state index contributed by atoms with van der Waals surface area (Å²) < 4.78 is 5.08. The van der Waals surface area contributed by atoms with Gasteiger partial charge in [0, 0.05) is 48.9 Å². The summed E-state index contributed by atoms with van der Waals surface area (Å²) in [6.45, 7) is 8.77. The topological polar surface area (TPSA) is 45.7 Å². The first-order valence-corrected chi connectivity index (χ1v) is 10.0. The number of ether oxygens (including phenoxy) is 1. The van der Waals surface area contributed by atoms with E-state index in [2.05, 4.69) is 17.2 Å². The lowest BCUT2D eigenvalue weighted by Gasteiger charge is -2.60. The molecule has 4 aliphatic rings. The molecule has 4 fully saturated rings. The summed E-state index contributed by atoms with van der Waals surface area (Å²) in [6, 6.07) is 0.750. The number of aromatic nitrogens is 1. The molecule has 1 spiro atoms. The summed E-state index contributed by atoms with van der Waals surface area (Å²) in [7, 11) is 0. The second-order valence-electron chi connectivity index (χ2n) is 8.22. The molecule has 5 rings (SSSR count). The zero-order valence-corrected chi connectivity index (χ0v) is 15.2. The van der Waals surface area contributed by atoms with Crippen LogP contribution in [-0.4, -0.2) is 59.7 Å². The van der Waals surface area contributed by atoms with Crippen molar-refractivity contribution >= 4 is 17.4 Å². The molecule has 2 atom stereocenters. The number of fused-ring (bicyclic) bond motifs is 1. The van der Waals surface area contributed by atoms with Crippen LogP contribution in [-0.2, 0) is 4.74 Å². The largest absolute Gasteiger partial charge is 0.450 e. The fourth-order valence-corrected chi connectivity index (χ4v) is 6.05. The van der Waals surface area contributed by atoms with Crippen LogP contribution in [0, 0.1) is 24.2 Å². The van der Waals surface area contributed by atoms with Crippen LogP contribution < -0.4 is 0 Å². The number of nitrogens with zero attached hydrogens (tertiary/aromatic N) is 3. The van der Waals surface area contributed by atoms with Gasteiger partial charge in [0.15, 0.2) is 0 Å². The Morgan fingerprint density at radius 2 is 2.08 bits per heavy atom. The summed E-state index contributed by atoms with van der Waals surface area (Å²) in [5.74, 6) is 2.43. The third-order valence-corrected chi connectivity index (χ3v) is 7.42. The van der Waals surface area contributed by atoms with Crippen LogP contribution in [0.2, 0.25) is 0 Å². The van der Waals surface area contributed by atoms with Gasteiger partial charge in [-0.05, 0) is 38.5 Å². The molecule has 0 N–H and O–H groups in total. The van der Waals surface area contributed by atoms with E-state index < -0.39 is 0 Å². The van der Waals surface area contributed by atoms with Crippen LogP contribution in [0.1, 0.15) is 36.4 Å². The molecule has 2 aliphatic heterocycles. The van der Waals surface area contributed by atoms with Crippen molar-refractivity contribution in [1.82, 2.24) is 14.8 Å². The summed E-state index contributed by atoms with van der Waals surface area (Å²) in [5, 5.41) is 3.46. The molecule has 130 valence electrons. The first-order chi connectivity index (χ1) is 11.6. The molecule has 2 unspecified atom stereocenters. The molecule has 3 heterocycles. The third-order valence-electron chi connectivity index (χ3n) is 6.63. The quantitative estimate of drug-likeness (QED) is 0.843. The van der Waals surface area contributed by atoms with Gasteiger partial charge in [0.25, 0.3) is 0 Å². The van der Waals surface area contributed by atoms with Gasteiger partial charge in [-0.25, -0.2) is 9.78 Å². The molecule has 24 heavy (non-hydrogen) atoms. The van der Waals surface area contributed by atoms with Crippen molar-refractivity contribution < 1.29 is 9.53 Å². The predicted octanol–water partition coefficient (Wildman–Crippen LogP) is 2.72. The molecule has 0 bridgehead atoms. The second-order valence-corrected chi connectivity index (χ2v) is 9.28. The summed E-state index contributed by atoms with van der Waals surface area (Å²) in [5.41, 5.74) is 1.76. The molecule has 0 radical (unpaired) electrons. The van der Waals surface area contributed by atoms with Gasteiger partial charge < -0.3 is 9.64 Å². The van der Waals surface area contributed by atoms with E-state index in [0.717, 1.165) is 36.9 Å². The summed E-state index contributed by atoms with van der Waals surface area (Å²) in [6.07, 6.45) is 2.40. The highest BCUT2D eigenvalue weighted by atomic mass is 32.1. The Morgan fingerprint density at radius 1 is 1.38 bits per heavy atom. The van der Waals surface area contributed by atoms with Crippen molar-refractivity contribution in [3.05, 3.63) is 16.1 Å². The number of aryl methyl sites for hydroxylation is 1. The smallest absolute Gasteiger partial charge is 0.409 e. The first kappa shape index (κ1) is 15.1. The number of hydrogen-bond acceptors (Lipinski definition) is 5. The molecule has 0 aromatic carbocycles. The van der Waals surface area contributed by atoms with Crippen molar-refractivity contribution in [2.75, 3.05) is 32.8 Å². The van der Waals surface area contributed by atoms with Crippen molar-refractivity contribution in [1.29, 1.82) is 0 Å². The Kier molecular flexibility index (Phi) is 3.27. The minimum Gasteiger partial charge on any atom is -0.450 e. The minimum absolute atomic E-state index is 0.129. The Hall–Kier alpha value is -1.14. The maximum Gasteiger partial charge on any atom is 0.409 e. The maximum absolute atomic E-state index is 11.7. The number of hydrogen-bond donors (Lipinski definition) is 0. The fraction of sp³-hybridized carbons (Fsp3) is 0.778.